The number of carbonyl (C=O) groups is 1. The lowest BCUT2D eigenvalue weighted by Crippen LogP contribution is -2.38. The van der Waals surface area contributed by atoms with Crippen LogP contribution >= 0.6 is 15.9 Å². The Morgan fingerprint density at radius 1 is 1.15 bits per heavy atom. The number of aryl methyl sites for hydroxylation is 1. The minimum absolute atomic E-state index is 0.275. The highest BCUT2D eigenvalue weighted by molar-refractivity contribution is 9.10. The Balaban J connectivity index is 1.28. The van der Waals surface area contributed by atoms with Gasteiger partial charge in [-0.1, -0.05) is 0 Å². The standard InChI is InChI=1S/C22H33BrN8O2/c1-17-19(16-31(28-17)10-9-29-11-13-33-14-12-29)26-22-25-15-18(23)21(27-22)24-6-4-8-30-7-3-2-5-20(30)32/h15-16H,2-14H2,1H3,(H2,24,25,26,27). The zero-order chi connectivity index (χ0) is 23.0. The van der Waals surface area contributed by atoms with Crippen molar-refractivity contribution in [2.45, 2.75) is 39.2 Å². The minimum atomic E-state index is 0.275. The fourth-order valence-corrected chi connectivity index (χ4v) is 4.40. The predicted molar refractivity (Wildman–Crippen MR) is 131 cm³/mol. The highest BCUT2D eigenvalue weighted by Crippen LogP contribution is 2.23. The number of halogens is 1. The summed E-state index contributed by atoms with van der Waals surface area (Å²) < 4.78 is 8.18. The summed E-state index contributed by atoms with van der Waals surface area (Å²) in [4.78, 5) is 25.3. The first-order valence-electron chi connectivity index (χ1n) is 11.7. The zero-order valence-electron chi connectivity index (χ0n) is 19.2. The van der Waals surface area contributed by atoms with E-state index in [-0.39, 0.29) is 5.91 Å². The number of nitrogens with one attached hydrogen (secondary N) is 2. The molecule has 4 rings (SSSR count). The average Bonchev–Trinajstić information content (AvgIpc) is 3.18. The van der Waals surface area contributed by atoms with E-state index in [2.05, 4.69) is 46.5 Å². The maximum absolute atomic E-state index is 11.9. The highest BCUT2D eigenvalue weighted by atomic mass is 79.9. The molecular formula is C22H33BrN8O2. The number of hydrogen-bond donors (Lipinski definition) is 2. The molecule has 10 nitrogen and oxygen atoms in total. The van der Waals surface area contributed by atoms with Crippen LogP contribution in [0.5, 0.6) is 0 Å². The van der Waals surface area contributed by atoms with Crippen molar-refractivity contribution >= 4 is 39.3 Å². The van der Waals surface area contributed by atoms with Crippen LogP contribution in [-0.4, -0.2) is 87.9 Å². The molecule has 2 aliphatic rings. The van der Waals surface area contributed by atoms with Crippen molar-refractivity contribution in [1.82, 2.24) is 29.5 Å². The number of likely N-dealkylation sites (tertiary alicyclic amines) is 1. The van der Waals surface area contributed by atoms with Crippen LogP contribution in [0.2, 0.25) is 0 Å². The predicted octanol–water partition coefficient (Wildman–Crippen LogP) is 2.63. The summed E-state index contributed by atoms with van der Waals surface area (Å²) in [5.74, 6) is 1.52. The van der Waals surface area contributed by atoms with Crippen molar-refractivity contribution in [2.75, 3.05) is 63.1 Å². The van der Waals surface area contributed by atoms with Gasteiger partial charge in [-0.3, -0.25) is 14.4 Å². The summed E-state index contributed by atoms with van der Waals surface area (Å²) in [7, 11) is 0. The van der Waals surface area contributed by atoms with Gasteiger partial charge in [-0.25, -0.2) is 4.98 Å². The van der Waals surface area contributed by atoms with Gasteiger partial charge in [0.25, 0.3) is 0 Å². The van der Waals surface area contributed by atoms with Crippen molar-refractivity contribution in [2.24, 2.45) is 0 Å². The number of nitrogens with zero attached hydrogens (tertiary/aromatic N) is 6. The third-order valence-electron chi connectivity index (χ3n) is 6.00. The summed E-state index contributed by atoms with van der Waals surface area (Å²) in [6.45, 7) is 9.71. The van der Waals surface area contributed by atoms with E-state index in [1.807, 2.05) is 22.7 Å². The van der Waals surface area contributed by atoms with Gasteiger partial charge >= 0.3 is 0 Å². The van der Waals surface area contributed by atoms with Gasteiger partial charge in [-0.2, -0.15) is 10.1 Å². The second-order valence-corrected chi connectivity index (χ2v) is 9.33. The minimum Gasteiger partial charge on any atom is -0.379 e. The maximum atomic E-state index is 11.9. The Labute approximate surface area is 203 Å². The van der Waals surface area contributed by atoms with Crippen molar-refractivity contribution in [3.8, 4) is 0 Å². The summed E-state index contributed by atoms with van der Waals surface area (Å²) in [5, 5.41) is 11.3. The molecule has 0 aliphatic carbocycles. The lowest BCUT2D eigenvalue weighted by atomic mass is 10.1. The number of anilines is 3. The first kappa shape index (κ1) is 23.9. The largest absolute Gasteiger partial charge is 0.379 e. The van der Waals surface area contributed by atoms with Gasteiger partial charge in [-0.15, -0.1) is 0 Å². The molecule has 33 heavy (non-hydrogen) atoms. The topological polar surface area (TPSA) is 100 Å². The van der Waals surface area contributed by atoms with Crippen molar-refractivity contribution in [1.29, 1.82) is 0 Å². The van der Waals surface area contributed by atoms with Crippen LogP contribution in [0.15, 0.2) is 16.9 Å². The average molecular weight is 521 g/mol. The van der Waals surface area contributed by atoms with Crippen LogP contribution in [0.4, 0.5) is 17.5 Å². The van der Waals surface area contributed by atoms with Crippen LogP contribution in [0, 0.1) is 6.92 Å². The molecule has 4 heterocycles. The Kier molecular flexibility index (Phi) is 8.51. The molecule has 0 bridgehead atoms. The number of ether oxygens (including phenoxy) is 1. The Hall–Kier alpha value is -2.24. The van der Waals surface area contributed by atoms with E-state index >= 15 is 0 Å². The van der Waals surface area contributed by atoms with Crippen molar-refractivity contribution in [3.05, 3.63) is 22.6 Å². The second kappa shape index (κ2) is 11.8. The van der Waals surface area contributed by atoms with Crippen LogP contribution < -0.4 is 10.6 Å². The number of rotatable bonds is 10. The van der Waals surface area contributed by atoms with Crippen molar-refractivity contribution in [3.63, 3.8) is 0 Å². The smallest absolute Gasteiger partial charge is 0.229 e. The number of amides is 1. The summed E-state index contributed by atoms with van der Waals surface area (Å²) in [6.07, 6.45) is 7.43. The van der Waals surface area contributed by atoms with Gasteiger partial charge in [0.2, 0.25) is 11.9 Å². The SMILES string of the molecule is Cc1nn(CCN2CCOCC2)cc1Nc1ncc(Br)c(NCCCN2CCCCC2=O)n1. The number of carbonyl (C=O) groups excluding carboxylic acids is 1. The Morgan fingerprint density at radius 2 is 2.00 bits per heavy atom. The van der Waals surface area contributed by atoms with Gasteiger partial charge in [0.1, 0.15) is 5.82 Å². The van der Waals surface area contributed by atoms with E-state index < -0.39 is 0 Å². The molecule has 2 aliphatic heterocycles. The molecule has 0 saturated carbocycles. The van der Waals surface area contributed by atoms with E-state index in [1.165, 1.54) is 0 Å². The first-order chi connectivity index (χ1) is 16.1. The van der Waals surface area contributed by atoms with Crippen LogP contribution in [0.3, 0.4) is 0 Å². The van der Waals surface area contributed by atoms with Gasteiger partial charge in [0.05, 0.1) is 35.6 Å². The summed E-state index contributed by atoms with van der Waals surface area (Å²) in [5.41, 5.74) is 1.80. The number of hydrogen-bond acceptors (Lipinski definition) is 8. The quantitative estimate of drug-likeness (QED) is 0.461. The Bertz CT molecular complexity index is 931. The summed E-state index contributed by atoms with van der Waals surface area (Å²) >= 11 is 3.52. The van der Waals surface area contributed by atoms with E-state index in [1.54, 1.807) is 6.20 Å². The molecule has 180 valence electrons. The van der Waals surface area contributed by atoms with Crippen LogP contribution in [0.25, 0.3) is 0 Å². The number of piperidine rings is 1. The molecule has 1 amide bonds. The Morgan fingerprint density at radius 3 is 2.82 bits per heavy atom. The van der Waals surface area contributed by atoms with E-state index in [0.29, 0.717) is 12.4 Å². The molecular weight excluding hydrogens is 488 g/mol. The second-order valence-electron chi connectivity index (χ2n) is 8.48. The molecule has 2 aromatic heterocycles. The maximum Gasteiger partial charge on any atom is 0.229 e. The molecule has 2 aromatic rings. The van der Waals surface area contributed by atoms with Gasteiger partial charge in [0, 0.05) is 58.1 Å². The van der Waals surface area contributed by atoms with Gasteiger partial charge in [-0.05, 0) is 42.1 Å². The number of aromatic nitrogens is 4. The monoisotopic (exact) mass is 520 g/mol. The third-order valence-corrected chi connectivity index (χ3v) is 6.58. The molecule has 0 unspecified atom stereocenters. The fraction of sp³-hybridized carbons (Fsp3) is 0.636. The molecule has 11 heteroatoms. The van der Waals surface area contributed by atoms with Crippen molar-refractivity contribution < 1.29 is 9.53 Å². The molecule has 2 fully saturated rings. The molecule has 2 N–H and O–H groups in total. The third kappa shape index (κ3) is 6.87. The fourth-order valence-electron chi connectivity index (χ4n) is 4.07. The molecule has 0 radical (unpaired) electrons. The van der Waals surface area contributed by atoms with E-state index in [0.717, 1.165) is 100.0 Å². The molecule has 0 spiro atoms. The molecule has 0 atom stereocenters. The van der Waals surface area contributed by atoms with E-state index in [4.69, 9.17) is 4.74 Å². The first-order valence-corrected chi connectivity index (χ1v) is 12.5. The van der Waals surface area contributed by atoms with Crippen LogP contribution in [-0.2, 0) is 16.1 Å². The van der Waals surface area contributed by atoms with E-state index in [9.17, 15) is 4.79 Å². The van der Waals surface area contributed by atoms with Crippen LogP contribution in [0.1, 0.15) is 31.4 Å². The molecule has 2 saturated heterocycles. The highest BCUT2D eigenvalue weighted by Gasteiger charge is 2.17. The lowest BCUT2D eigenvalue weighted by Gasteiger charge is -2.26. The summed E-state index contributed by atoms with van der Waals surface area (Å²) in [6, 6.07) is 0. The van der Waals surface area contributed by atoms with Gasteiger partial charge < -0.3 is 20.3 Å². The number of morpholine rings is 1. The normalized spacial score (nSPS) is 17.4. The zero-order valence-corrected chi connectivity index (χ0v) is 20.8. The van der Waals surface area contributed by atoms with Gasteiger partial charge in [0.15, 0.2) is 0 Å². The molecule has 0 aromatic carbocycles. The lowest BCUT2D eigenvalue weighted by molar-refractivity contribution is -0.133.